The van der Waals surface area contributed by atoms with Crippen LogP contribution in [-0.4, -0.2) is 89.1 Å². The Kier molecular flexibility index (Phi) is 6.18. The van der Waals surface area contributed by atoms with Crippen LogP contribution in [0.2, 0.25) is 0 Å². The highest BCUT2D eigenvalue weighted by molar-refractivity contribution is 6.03. The number of piperidine rings is 1. The Labute approximate surface area is 231 Å². The molecule has 3 aromatic rings. The first-order valence-electron chi connectivity index (χ1n) is 14.1. The summed E-state index contributed by atoms with van der Waals surface area (Å²) in [5.41, 5.74) is 2.37. The minimum absolute atomic E-state index is 0.00886. The number of hydrogen-bond acceptors (Lipinski definition) is 5. The van der Waals surface area contributed by atoms with Gasteiger partial charge in [-0.2, -0.15) is 0 Å². The van der Waals surface area contributed by atoms with Gasteiger partial charge >= 0.3 is 0 Å². The molecule has 2 saturated heterocycles. The topological polar surface area (TPSA) is 67.2 Å². The first kappa shape index (κ1) is 25.3. The van der Waals surface area contributed by atoms with Gasteiger partial charge in [0.15, 0.2) is 11.5 Å². The average Bonchev–Trinajstić information content (AvgIpc) is 3.55. The molecule has 0 unspecified atom stereocenters. The molecule has 8 nitrogen and oxygen atoms in total. The van der Waals surface area contributed by atoms with E-state index in [9.17, 15) is 18.4 Å². The van der Waals surface area contributed by atoms with Crippen LogP contribution in [0.1, 0.15) is 53.0 Å². The van der Waals surface area contributed by atoms with Crippen molar-refractivity contribution in [1.29, 1.82) is 0 Å². The molecule has 3 aliphatic heterocycles. The summed E-state index contributed by atoms with van der Waals surface area (Å²) < 4.78 is 40.5. The largest absolute Gasteiger partial charge is 0.454 e. The Hall–Kier alpha value is -3.66. The summed E-state index contributed by atoms with van der Waals surface area (Å²) in [6, 6.07) is 13.4. The van der Waals surface area contributed by atoms with Crippen LogP contribution in [0.15, 0.2) is 42.5 Å². The van der Waals surface area contributed by atoms with Crippen LogP contribution < -0.4 is 9.47 Å². The fourth-order valence-electron chi connectivity index (χ4n) is 6.23. The molecule has 2 aromatic carbocycles. The zero-order valence-electron chi connectivity index (χ0n) is 22.3. The lowest BCUT2D eigenvalue weighted by atomic mass is 9.91. The zero-order chi connectivity index (χ0) is 27.4. The second-order valence-corrected chi connectivity index (χ2v) is 11.2. The number of rotatable bonds is 4. The molecule has 4 heterocycles. The Bertz CT molecular complexity index is 1470. The summed E-state index contributed by atoms with van der Waals surface area (Å²) in [6.45, 7) is 3.30. The molecule has 0 spiro atoms. The summed E-state index contributed by atoms with van der Waals surface area (Å²) in [7, 11) is 0. The molecule has 210 valence electrons. The van der Waals surface area contributed by atoms with Crippen LogP contribution in [0.3, 0.4) is 0 Å². The van der Waals surface area contributed by atoms with Gasteiger partial charge in [-0.15, -0.1) is 0 Å². The monoisotopic (exact) mass is 550 g/mol. The Balaban J connectivity index is 1.21. The summed E-state index contributed by atoms with van der Waals surface area (Å²) in [6.07, 6.45) is 3.10. The third-order valence-electron chi connectivity index (χ3n) is 8.86. The van der Waals surface area contributed by atoms with Crippen LogP contribution in [0.5, 0.6) is 11.5 Å². The van der Waals surface area contributed by atoms with Crippen LogP contribution in [0.25, 0.3) is 16.6 Å². The first-order valence-corrected chi connectivity index (χ1v) is 14.1. The van der Waals surface area contributed by atoms with Crippen LogP contribution in [0.4, 0.5) is 8.78 Å². The number of ether oxygens (including phenoxy) is 2. The number of alkyl halides is 2. The van der Waals surface area contributed by atoms with E-state index in [1.54, 1.807) is 12.1 Å². The molecule has 0 N–H and O–H groups in total. The van der Waals surface area contributed by atoms with E-state index in [1.165, 1.54) is 24.2 Å². The predicted octanol–water partition coefficient (Wildman–Crippen LogP) is 4.54. The van der Waals surface area contributed by atoms with E-state index in [0.29, 0.717) is 47.6 Å². The van der Waals surface area contributed by atoms with Gasteiger partial charge in [-0.25, -0.2) is 8.78 Å². The number of nitrogens with zero attached hydrogens (tertiary/aromatic N) is 4. The van der Waals surface area contributed by atoms with Gasteiger partial charge in [0.2, 0.25) is 6.79 Å². The van der Waals surface area contributed by atoms with Crippen molar-refractivity contribution in [2.45, 2.75) is 44.1 Å². The molecule has 0 radical (unpaired) electrons. The van der Waals surface area contributed by atoms with E-state index in [0.717, 1.165) is 24.0 Å². The van der Waals surface area contributed by atoms with Crippen molar-refractivity contribution in [2.24, 2.45) is 0 Å². The highest BCUT2D eigenvalue weighted by Gasteiger charge is 2.37. The highest BCUT2D eigenvalue weighted by atomic mass is 19.3. The number of amides is 2. The maximum Gasteiger partial charge on any atom is 0.270 e. The molecular formula is C30H32F2N4O4. The van der Waals surface area contributed by atoms with Gasteiger partial charge in [0, 0.05) is 75.2 Å². The Morgan fingerprint density at radius 1 is 0.800 bits per heavy atom. The van der Waals surface area contributed by atoms with E-state index in [1.807, 2.05) is 39.8 Å². The van der Waals surface area contributed by atoms with Crippen molar-refractivity contribution < 1.29 is 27.8 Å². The number of fused-ring (bicyclic) bond motifs is 2. The number of carbonyl (C=O) groups is 2. The summed E-state index contributed by atoms with van der Waals surface area (Å²) in [5.74, 6) is -1.89. The smallest absolute Gasteiger partial charge is 0.270 e. The second-order valence-electron chi connectivity index (χ2n) is 11.2. The molecule has 0 bridgehead atoms. The quantitative estimate of drug-likeness (QED) is 0.477. The standard InChI is InChI=1S/C30H32F2N4O4/c31-30(32)8-10-34(11-9-30)29(38)25-17-21-16-20(28(37)35-14-12-33(13-15-35)22-2-1-3-22)4-6-24(21)36(25)23-5-7-26-27(18-23)40-19-39-26/h4-7,16-18,22H,1-3,8-15,19H2. The molecule has 0 atom stereocenters. The summed E-state index contributed by atoms with van der Waals surface area (Å²) >= 11 is 0. The van der Waals surface area contributed by atoms with Gasteiger partial charge in [-0.3, -0.25) is 14.5 Å². The van der Waals surface area contributed by atoms with Gasteiger partial charge in [-0.05, 0) is 49.2 Å². The molecule has 2 amide bonds. The number of halogens is 2. The fourth-order valence-corrected chi connectivity index (χ4v) is 6.23. The summed E-state index contributed by atoms with van der Waals surface area (Å²) in [4.78, 5) is 33.1. The van der Waals surface area contributed by atoms with E-state index in [4.69, 9.17) is 9.47 Å². The van der Waals surface area contributed by atoms with Crippen LogP contribution in [-0.2, 0) is 0 Å². The number of carbonyl (C=O) groups excluding carboxylic acids is 2. The van der Waals surface area contributed by atoms with E-state index < -0.39 is 5.92 Å². The van der Waals surface area contributed by atoms with Gasteiger partial charge in [0.25, 0.3) is 17.7 Å². The minimum atomic E-state index is -2.75. The predicted molar refractivity (Wildman–Crippen MR) is 145 cm³/mol. The third kappa shape index (κ3) is 4.48. The first-order chi connectivity index (χ1) is 19.4. The molecule has 1 aromatic heterocycles. The third-order valence-corrected chi connectivity index (χ3v) is 8.86. The van der Waals surface area contributed by atoms with Crippen molar-refractivity contribution in [1.82, 2.24) is 19.3 Å². The van der Waals surface area contributed by atoms with E-state index >= 15 is 0 Å². The molecule has 3 fully saturated rings. The fraction of sp³-hybridized carbons (Fsp3) is 0.467. The van der Waals surface area contributed by atoms with Crippen LogP contribution in [0, 0.1) is 0 Å². The number of aromatic nitrogens is 1. The minimum Gasteiger partial charge on any atom is -0.454 e. The lowest BCUT2D eigenvalue weighted by Crippen LogP contribution is -2.53. The van der Waals surface area contributed by atoms with Crippen molar-refractivity contribution in [3.63, 3.8) is 0 Å². The number of likely N-dealkylation sites (tertiary alicyclic amines) is 1. The van der Waals surface area contributed by atoms with Gasteiger partial charge in [0.1, 0.15) is 5.69 Å². The highest BCUT2D eigenvalue weighted by Crippen LogP contribution is 2.37. The number of hydrogen-bond donors (Lipinski definition) is 0. The Morgan fingerprint density at radius 3 is 2.25 bits per heavy atom. The molecule has 1 saturated carbocycles. The van der Waals surface area contributed by atoms with Crippen molar-refractivity contribution in [2.75, 3.05) is 46.1 Å². The zero-order valence-corrected chi connectivity index (χ0v) is 22.3. The van der Waals surface area contributed by atoms with Crippen molar-refractivity contribution >= 4 is 22.7 Å². The molecule has 40 heavy (non-hydrogen) atoms. The van der Waals surface area contributed by atoms with E-state index in [-0.39, 0.29) is 44.5 Å². The van der Waals surface area contributed by atoms with E-state index in [2.05, 4.69) is 4.90 Å². The van der Waals surface area contributed by atoms with Gasteiger partial charge in [-0.1, -0.05) is 6.42 Å². The van der Waals surface area contributed by atoms with Gasteiger partial charge < -0.3 is 23.8 Å². The Morgan fingerprint density at radius 2 is 1.52 bits per heavy atom. The second kappa shape index (κ2) is 9.76. The number of benzene rings is 2. The SMILES string of the molecule is O=C(c1ccc2c(c1)cc(C(=O)N1CCC(F)(F)CC1)n2-c1ccc2c(c1)OCO2)N1CCN(C2CCC2)CC1. The van der Waals surface area contributed by atoms with Crippen molar-refractivity contribution in [3.8, 4) is 17.2 Å². The molecule has 10 heteroatoms. The maximum absolute atomic E-state index is 13.8. The van der Waals surface area contributed by atoms with Gasteiger partial charge in [0.05, 0.1) is 11.2 Å². The molecule has 4 aliphatic rings. The van der Waals surface area contributed by atoms with Crippen LogP contribution >= 0.6 is 0 Å². The average molecular weight is 551 g/mol. The number of piperazine rings is 1. The molecular weight excluding hydrogens is 518 g/mol. The lowest BCUT2D eigenvalue weighted by Gasteiger charge is -2.42. The summed E-state index contributed by atoms with van der Waals surface area (Å²) in [5, 5.41) is 0.738. The normalized spacial score (nSPS) is 21.1. The maximum atomic E-state index is 13.8. The van der Waals surface area contributed by atoms with Crippen molar-refractivity contribution in [3.05, 3.63) is 53.7 Å². The molecule has 7 rings (SSSR count). The molecule has 1 aliphatic carbocycles. The lowest BCUT2D eigenvalue weighted by molar-refractivity contribution is -0.0495.